The number of nitrogens with zero attached hydrogens (tertiary/aromatic N) is 2. The van der Waals surface area contributed by atoms with Crippen LogP contribution in [0.1, 0.15) is 37.2 Å². The number of rotatable bonds is 6. The number of aromatic carboxylic acids is 1. The van der Waals surface area contributed by atoms with E-state index < -0.39 is 5.97 Å². The summed E-state index contributed by atoms with van der Waals surface area (Å²) in [6.45, 7) is 5.94. The van der Waals surface area contributed by atoms with Crippen LogP contribution < -0.4 is 4.90 Å². The first kappa shape index (κ1) is 12.5. The van der Waals surface area contributed by atoms with Crippen molar-refractivity contribution >= 4 is 11.8 Å². The average molecular weight is 222 g/mol. The lowest BCUT2D eigenvalue weighted by Gasteiger charge is -2.21. The number of carboxylic acid groups (broad SMARTS) is 1. The Kier molecular flexibility index (Phi) is 4.76. The molecule has 0 radical (unpaired) electrons. The Labute approximate surface area is 95.9 Å². The topological polar surface area (TPSA) is 53.4 Å². The van der Waals surface area contributed by atoms with E-state index in [2.05, 4.69) is 16.8 Å². The fourth-order valence-corrected chi connectivity index (χ4v) is 1.50. The molecule has 1 aromatic rings. The molecule has 0 aliphatic carbocycles. The summed E-state index contributed by atoms with van der Waals surface area (Å²) in [5.74, 6) is -0.232. The summed E-state index contributed by atoms with van der Waals surface area (Å²) in [5, 5.41) is 8.86. The molecule has 0 unspecified atom stereocenters. The Morgan fingerprint density at radius 2 is 2.19 bits per heavy atom. The summed E-state index contributed by atoms with van der Waals surface area (Å²) in [6, 6.07) is 5.10. The molecule has 0 saturated heterocycles. The second-order valence-corrected chi connectivity index (χ2v) is 3.62. The minimum absolute atomic E-state index is 0.104. The van der Waals surface area contributed by atoms with Gasteiger partial charge in [0.2, 0.25) is 0 Å². The molecule has 88 valence electrons. The fourth-order valence-electron chi connectivity index (χ4n) is 1.50. The van der Waals surface area contributed by atoms with E-state index in [0.29, 0.717) is 0 Å². The van der Waals surface area contributed by atoms with Gasteiger partial charge in [0.25, 0.3) is 0 Å². The lowest BCUT2D eigenvalue weighted by molar-refractivity contribution is 0.0690. The van der Waals surface area contributed by atoms with E-state index in [1.165, 1.54) is 6.07 Å². The lowest BCUT2D eigenvalue weighted by Crippen LogP contribution is -2.25. The van der Waals surface area contributed by atoms with Gasteiger partial charge in [-0.1, -0.05) is 19.4 Å². The van der Waals surface area contributed by atoms with Crippen LogP contribution in [0.25, 0.3) is 0 Å². The number of unbranched alkanes of at least 4 members (excludes halogenated alkanes) is 1. The van der Waals surface area contributed by atoms with Crippen LogP contribution in [0, 0.1) is 0 Å². The molecular weight excluding hydrogens is 204 g/mol. The van der Waals surface area contributed by atoms with Gasteiger partial charge >= 0.3 is 5.97 Å². The summed E-state index contributed by atoms with van der Waals surface area (Å²) in [7, 11) is 0. The van der Waals surface area contributed by atoms with E-state index in [-0.39, 0.29) is 5.69 Å². The maximum Gasteiger partial charge on any atom is 0.354 e. The summed E-state index contributed by atoms with van der Waals surface area (Å²) < 4.78 is 0. The molecule has 1 aromatic heterocycles. The van der Waals surface area contributed by atoms with Crippen LogP contribution in [-0.4, -0.2) is 29.1 Å². The second kappa shape index (κ2) is 6.10. The van der Waals surface area contributed by atoms with Crippen molar-refractivity contribution in [3.05, 3.63) is 23.9 Å². The number of pyridine rings is 1. The number of hydrogen-bond donors (Lipinski definition) is 1. The fraction of sp³-hybridized carbons (Fsp3) is 0.500. The SMILES string of the molecule is CCCCN(CC)c1cccc(C(=O)O)n1. The molecule has 0 bridgehead atoms. The number of carboxylic acids is 1. The molecular formula is C12H18N2O2. The molecule has 0 atom stereocenters. The van der Waals surface area contributed by atoms with Gasteiger partial charge in [0, 0.05) is 13.1 Å². The van der Waals surface area contributed by atoms with Crippen molar-refractivity contribution < 1.29 is 9.90 Å². The van der Waals surface area contributed by atoms with Crippen molar-refractivity contribution in [2.24, 2.45) is 0 Å². The zero-order chi connectivity index (χ0) is 12.0. The van der Waals surface area contributed by atoms with Crippen molar-refractivity contribution in [3.8, 4) is 0 Å². The Hall–Kier alpha value is -1.58. The Morgan fingerprint density at radius 1 is 1.44 bits per heavy atom. The van der Waals surface area contributed by atoms with Crippen molar-refractivity contribution in [2.75, 3.05) is 18.0 Å². The van der Waals surface area contributed by atoms with Gasteiger partial charge in [-0.3, -0.25) is 0 Å². The van der Waals surface area contributed by atoms with Gasteiger partial charge in [-0.25, -0.2) is 9.78 Å². The summed E-state index contributed by atoms with van der Waals surface area (Å²) in [4.78, 5) is 17.0. The molecule has 1 rings (SSSR count). The summed E-state index contributed by atoms with van der Waals surface area (Å²) >= 11 is 0. The van der Waals surface area contributed by atoms with Crippen LogP contribution in [0.4, 0.5) is 5.82 Å². The van der Waals surface area contributed by atoms with Gasteiger partial charge in [0.05, 0.1) is 0 Å². The van der Waals surface area contributed by atoms with E-state index in [1.807, 2.05) is 13.0 Å². The first-order valence-electron chi connectivity index (χ1n) is 5.64. The first-order valence-corrected chi connectivity index (χ1v) is 5.64. The second-order valence-electron chi connectivity index (χ2n) is 3.62. The number of hydrogen-bond acceptors (Lipinski definition) is 3. The van der Waals surface area contributed by atoms with E-state index in [4.69, 9.17) is 5.11 Å². The molecule has 0 saturated carbocycles. The largest absolute Gasteiger partial charge is 0.477 e. The van der Waals surface area contributed by atoms with Crippen LogP contribution in [0.3, 0.4) is 0 Å². The van der Waals surface area contributed by atoms with Crippen LogP contribution in [-0.2, 0) is 0 Å². The highest BCUT2D eigenvalue weighted by atomic mass is 16.4. The first-order chi connectivity index (χ1) is 7.69. The van der Waals surface area contributed by atoms with Crippen molar-refractivity contribution in [2.45, 2.75) is 26.7 Å². The van der Waals surface area contributed by atoms with Gasteiger partial charge in [-0.05, 0) is 25.5 Å². The van der Waals surface area contributed by atoms with Gasteiger partial charge in [0.1, 0.15) is 5.82 Å². The van der Waals surface area contributed by atoms with Crippen molar-refractivity contribution in [3.63, 3.8) is 0 Å². The van der Waals surface area contributed by atoms with Gasteiger partial charge in [-0.15, -0.1) is 0 Å². The predicted molar refractivity (Wildman–Crippen MR) is 64.0 cm³/mol. The molecule has 0 aliphatic heterocycles. The molecule has 4 nitrogen and oxygen atoms in total. The third-order valence-electron chi connectivity index (χ3n) is 2.44. The Morgan fingerprint density at radius 3 is 2.75 bits per heavy atom. The molecule has 0 spiro atoms. The van der Waals surface area contributed by atoms with Gasteiger partial charge < -0.3 is 10.0 Å². The van der Waals surface area contributed by atoms with Crippen LogP contribution in [0.15, 0.2) is 18.2 Å². The highest BCUT2D eigenvalue weighted by molar-refractivity contribution is 5.85. The van der Waals surface area contributed by atoms with Gasteiger partial charge in [-0.2, -0.15) is 0 Å². The minimum atomic E-state index is -0.978. The number of carbonyl (C=O) groups is 1. The van der Waals surface area contributed by atoms with E-state index in [9.17, 15) is 4.79 Å². The number of anilines is 1. The molecule has 16 heavy (non-hydrogen) atoms. The normalized spacial score (nSPS) is 10.1. The highest BCUT2D eigenvalue weighted by Crippen LogP contribution is 2.12. The quantitative estimate of drug-likeness (QED) is 0.803. The van der Waals surface area contributed by atoms with E-state index in [0.717, 1.165) is 31.7 Å². The zero-order valence-corrected chi connectivity index (χ0v) is 9.81. The minimum Gasteiger partial charge on any atom is -0.477 e. The van der Waals surface area contributed by atoms with Crippen molar-refractivity contribution in [1.82, 2.24) is 4.98 Å². The lowest BCUT2D eigenvalue weighted by atomic mass is 10.3. The standard InChI is InChI=1S/C12H18N2O2/c1-3-5-9-14(4-2)11-8-6-7-10(13-11)12(15)16/h6-8H,3-5,9H2,1-2H3,(H,15,16). The molecule has 0 aliphatic rings. The van der Waals surface area contributed by atoms with Crippen LogP contribution in [0.5, 0.6) is 0 Å². The van der Waals surface area contributed by atoms with Crippen LogP contribution >= 0.6 is 0 Å². The molecule has 0 amide bonds. The highest BCUT2D eigenvalue weighted by Gasteiger charge is 2.09. The zero-order valence-electron chi connectivity index (χ0n) is 9.81. The molecule has 0 aromatic carbocycles. The molecule has 0 fully saturated rings. The third kappa shape index (κ3) is 3.22. The maximum atomic E-state index is 10.8. The van der Waals surface area contributed by atoms with Gasteiger partial charge in [0.15, 0.2) is 5.69 Å². The smallest absolute Gasteiger partial charge is 0.354 e. The Bertz CT molecular complexity index is 353. The third-order valence-corrected chi connectivity index (χ3v) is 2.44. The molecule has 1 heterocycles. The van der Waals surface area contributed by atoms with E-state index >= 15 is 0 Å². The summed E-state index contributed by atoms with van der Waals surface area (Å²) in [5.41, 5.74) is 0.104. The average Bonchev–Trinajstić information content (AvgIpc) is 2.30. The Balaban J connectivity index is 2.83. The summed E-state index contributed by atoms with van der Waals surface area (Å²) in [6.07, 6.45) is 2.21. The monoisotopic (exact) mass is 222 g/mol. The number of aromatic nitrogens is 1. The van der Waals surface area contributed by atoms with E-state index in [1.54, 1.807) is 6.07 Å². The molecule has 1 N–H and O–H groups in total. The van der Waals surface area contributed by atoms with Crippen LogP contribution in [0.2, 0.25) is 0 Å². The maximum absolute atomic E-state index is 10.8. The van der Waals surface area contributed by atoms with Crippen molar-refractivity contribution in [1.29, 1.82) is 0 Å². The molecule has 4 heteroatoms. The predicted octanol–water partition coefficient (Wildman–Crippen LogP) is 2.41.